The lowest BCUT2D eigenvalue weighted by Crippen LogP contribution is -2.53. The van der Waals surface area contributed by atoms with Gasteiger partial charge in [0.15, 0.2) is 0 Å². The molecule has 0 radical (unpaired) electrons. The summed E-state index contributed by atoms with van der Waals surface area (Å²) >= 11 is 0. The minimum atomic E-state index is -0.236. The monoisotopic (exact) mass is 396 g/mol. The van der Waals surface area contributed by atoms with E-state index in [1.165, 1.54) is 18.4 Å². The van der Waals surface area contributed by atoms with Gasteiger partial charge in [-0.25, -0.2) is 0 Å². The van der Waals surface area contributed by atoms with Crippen LogP contribution in [0.15, 0.2) is 30.3 Å². The van der Waals surface area contributed by atoms with Gasteiger partial charge in [-0.3, -0.25) is 4.79 Å². The van der Waals surface area contributed by atoms with Crippen molar-refractivity contribution in [2.75, 3.05) is 33.4 Å². The number of benzene rings is 1. The maximum absolute atomic E-state index is 14.2. The fraction of sp³-hybridized carbons (Fsp3) is 0.720. The van der Waals surface area contributed by atoms with Crippen molar-refractivity contribution in [3.63, 3.8) is 0 Å². The molecule has 2 unspecified atom stereocenters. The molecule has 1 heterocycles. The van der Waals surface area contributed by atoms with Crippen LogP contribution in [-0.4, -0.2) is 50.2 Å². The smallest absolute Gasteiger partial charge is 0.229 e. The average Bonchev–Trinajstić information content (AvgIpc) is 3.11. The lowest BCUT2D eigenvalue weighted by molar-refractivity contribution is -0.151. The molecule has 1 aromatic carbocycles. The molecule has 6 rings (SSSR count). The normalized spacial score (nSPS) is 38.5. The molecule has 0 aromatic heterocycles. The van der Waals surface area contributed by atoms with Gasteiger partial charge in [-0.05, 0) is 81.9 Å². The summed E-state index contributed by atoms with van der Waals surface area (Å²) in [6, 6.07) is 11.4. The summed E-state index contributed by atoms with van der Waals surface area (Å²) in [7, 11) is 2.08. The maximum Gasteiger partial charge on any atom is 0.229 e. The summed E-state index contributed by atoms with van der Waals surface area (Å²) in [5, 5.41) is 3.44. The van der Waals surface area contributed by atoms with E-state index >= 15 is 0 Å². The molecule has 4 heteroatoms. The summed E-state index contributed by atoms with van der Waals surface area (Å²) in [6.07, 6.45) is 7.77. The molecule has 4 atom stereocenters. The summed E-state index contributed by atoms with van der Waals surface area (Å²) in [4.78, 5) is 16.4. The molecule has 1 N–H and O–H groups in total. The van der Waals surface area contributed by atoms with Crippen molar-refractivity contribution >= 4 is 5.91 Å². The zero-order valence-electron chi connectivity index (χ0n) is 18.1. The number of carbonyl (C=O) groups excluding carboxylic acids is 1. The molecule has 4 aliphatic carbocycles. The molecule has 1 aliphatic heterocycles. The molecule has 0 spiro atoms. The highest BCUT2D eigenvalue weighted by Crippen LogP contribution is 2.77. The largest absolute Gasteiger partial charge is 0.381 e. The number of hydrogen-bond donors (Lipinski definition) is 1. The summed E-state index contributed by atoms with van der Waals surface area (Å²) in [6.45, 7) is 5.62. The molecule has 4 saturated carbocycles. The Bertz CT molecular complexity index is 761. The van der Waals surface area contributed by atoms with E-state index < -0.39 is 0 Å². The predicted octanol–water partition coefficient (Wildman–Crippen LogP) is 3.75. The lowest BCUT2D eigenvalue weighted by atomic mass is 9.63. The second-order valence-electron chi connectivity index (χ2n) is 10.4. The van der Waals surface area contributed by atoms with Crippen LogP contribution in [0, 0.1) is 16.7 Å². The summed E-state index contributed by atoms with van der Waals surface area (Å²) < 4.78 is 6.09. The highest BCUT2D eigenvalue weighted by atomic mass is 16.5. The van der Waals surface area contributed by atoms with E-state index in [2.05, 4.69) is 54.5 Å². The van der Waals surface area contributed by atoms with Crippen LogP contribution < -0.4 is 5.32 Å². The number of amides is 1. The van der Waals surface area contributed by atoms with Gasteiger partial charge < -0.3 is 15.0 Å². The van der Waals surface area contributed by atoms with E-state index in [-0.39, 0.29) is 16.2 Å². The highest BCUT2D eigenvalue weighted by molar-refractivity contribution is 5.86. The molecule has 4 nitrogen and oxygen atoms in total. The van der Waals surface area contributed by atoms with Crippen LogP contribution >= 0.6 is 0 Å². The van der Waals surface area contributed by atoms with Gasteiger partial charge in [0.2, 0.25) is 5.91 Å². The van der Waals surface area contributed by atoms with Crippen LogP contribution in [-0.2, 0) is 14.9 Å². The van der Waals surface area contributed by atoms with Crippen LogP contribution in [0.4, 0.5) is 0 Å². The van der Waals surface area contributed by atoms with E-state index in [0.717, 1.165) is 58.4 Å². The van der Waals surface area contributed by atoms with E-state index in [4.69, 9.17) is 4.74 Å². The third-order valence-corrected chi connectivity index (χ3v) is 8.88. The van der Waals surface area contributed by atoms with Gasteiger partial charge in [0, 0.05) is 25.1 Å². The first-order valence-electron chi connectivity index (χ1n) is 11.7. The maximum atomic E-state index is 14.2. The molecule has 29 heavy (non-hydrogen) atoms. The lowest BCUT2D eigenvalue weighted by Gasteiger charge is -2.44. The van der Waals surface area contributed by atoms with Crippen molar-refractivity contribution in [2.24, 2.45) is 16.7 Å². The van der Waals surface area contributed by atoms with Crippen molar-refractivity contribution in [3.05, 3.63) is 35.9 Å². The van der Waals surface area contributed by atoms with E-state index in [1.54, 1.807) is 0 Å². The van der Waals surface area contributed by atoms with Crippen molar-refractivity contribution in [1.82, 2.24) is 10.2 Å². The van der Waals surface area contributed by atoms with Gasteiger partial charge in [-0.2, -0.15) is 0 Å². The van der Waals surface area contributed by atoms with Crippen molar-refractivity contribution in [3.8, 4) is 0 Å². The first-order valence-corrected chi connectivity index (χ1v) is 11.7. The van der Waals surface area contributed by atoms with Crippen LogP contribution in [0.25, 0.3) is 0 Å². The quantitative estimate of drug-likeness (QED) is 0.796. The van der Waals surface area contributed by atoms with E-state index in [9.17, 15) is 4.79 Å². The third-order valence-electron chi connectivity index (χ3n) is 8.88. The Hall–Kier alpha value is -1.39. The number of piperidine rings is 1. The molecular formula is C25H36N2O2. The molecule has 5 fully saturated rings. The standard InChI is InChI=1S/C25H36N2O2/c1-3-29-18-24-14-19-13-23(16-24,20-7-5-4-6-8-20)17-25(24,15-19)22(28)27(2)21-9-11-26-12-10-21/h4-8,19,21,26H,3,9-18H2,1-2H3/t19?,23-,24-,25?/m1/s1. The van der Waals surface area contributed by atoms with Gasteiger partial charge in [0.25, 0.3) is 0 Å². The van der Waals surface area contributed by atoms with Crippen LogP contribution in [0.3, 0.4) is 0 Å². The third kappa shape index (κ3) is 2.82. The predicted molar refractivity (Wildman–Crippen MR) is 115 cm³/mol. The SMILES string of the molecule is CCOC[C@]12CC3CC1(C(=O)N(C)C1CCNCC1)C[C@@](c1ccccc1)(C3)C2. The van der Waals surface area contributed by atoms with Crippen molar-refractivity contribution in [2.45, 2.75) is 63.3 Å². The zero-order valence-corrected chi connectivity index (χ0v) is 18.1. The topological polar surface area (TPSA) is 41.6 Å². The second kappa shape index (κ2) is 7.09. The average molecular weight is 397 g/mol. The zero-order chi connectivity index (χ0) is 20.1. The fourth-order valence-corrected chi connectivity index (χ4v) is 7.91. The molecule has 1 aromatic rings. The number of carbonyl (C=O) groups is 1. The number of rotatable bonds is 6. The van der Waals surface area contributed by atoms with Crippen LogP contribution in [0.1, 0.15) is 57.4 Å². The molecule has 5 aliphatic rings. The Labute approximate surface area is 175 Å². The Morgan fingerprint density at radius 2 is 1.90 bits per heavy atom. The highest BCUT2D eigenvalue weighted by Gasteiger charge is 2.75. The fourth-order valence-electron chi connectivity index (χ4n) is 7.91. The minimum Gasteiger partial charge on any atom is -0.381 e. The number of nitrogens with zero attached hydrogens (tertiary/aromatic N) is 1. The van der Waals surface area contributed by atoms with Crippen molar-refractivity contribution in [1.29, 1.82) is 0 Å². The Morgan fingerprint density at radius 1 is 1.14 bits per heavy atom. The van der Waals surface area contributed by atoms with Crippen molar-refractivity contribution < 1.29 is 9.53 Å². The van der Waals surface area contributed by atoms with Crippen LogP contribution in [0.5, 0.6) is 0 Å². The van der Waals surface area contributed by atoms with Gasteiger partial charge in [0.1, 0.15) is 0 Å². The molecule has 4 bridgehead atoms. The Kier molecular flexibility index (Phi) is 4.78. The minimum absolute atomic E-state index is 0.0139. The number of hydrogen-bond acceptors (Lipinski definition) is 3. The Balaban J connectivity index is 1.52. The van der Waals surface area contributed by atoms with E-state index in [1.807, 2.05) is 0 Å². The van der Waals surface area contributed by atoms with Crippen LogP contribution in [0.2, 0.25) is 0 Å². The molecule has 1 saturated heterocycles. The molecule has 1 amide bonds. The van der Waals surface area contributed by atoms with Gasteiger partial charge in [0.05, 0.1) is 12.0 Å². The molecular weight excluding hydrogens is 360 g/mol. The van der Waals surface area contributed by atoms with Gasteiger partial charge in [-0.1, -0.05) is 30.3 Å². The van der Waals surface area contributed by atoms with Gasteiger partial charge >= 0.3 is 0 Å². The first kappa shape index (κ1) is 19.6. The second-order valence-corrected chi connectivity index (χ2v) is 10.4. The van der Waals surface area contributed by atoms with E-state index in [0.29, 0.717) is 17.9 Å². The number of nitrogens with one attached hydrogen (secondary N) is 1. The van der Waals surface area contributed by atoms with Gasteiger partial charge in [-0.15, -0.1) is 0 Å². The summed E-state index contributed by atoms with van der Waals surface area (Å²) in [5.74, 6) is 1.08. The number of ether oxygens (including phenoxy) is 1. The molecule has 158 valence electrons. The summed E-state index contributed by atoms with van der Waals surface area (Å²) in [5.41, 5.74) is 1.38. The Morgan fingerprint density at radius 3 is 2.62 bits per heavy atom. The first-order chi connectivity index (χ1) is 14.0.